The topological polar surface area (TPSA) is 38.8 Å². The molecule has 0 aliphatic carbocycles. The highest BCUT2D eigenvalue weighted by molar-refractivity contribution is 6.30. The summed E-state index contributed by atoms with van der Waals surface area (Å²) in [6, 6.07) is 7.02. The fourth-order valence-corrected chi connectivity index (χ4v) is 1.79. The molecular formula is C12H14ClNO3. The van der Waals surface area contributed by atoms with Crippen molar-refractivity contribution in [1.82, 2.24) is 4.90 Å². The maximum absolute atomic E-state index is 11.8. The van der Waals surface area contributed by atoms with Crippen LogP contribution in [0.1, 0.15) is 0 Å². The Balaban J connectivity index is 1.83. The lowest BCUT2D eigenvalue weighted by atomic mass is 10.3. The first-order valence-electron chi connectivity index (χ1n) is 5.49. The second-order valence-corrected chi connectivity index (χ2v) is 4.18. The van der Waals surface area contributed by atoms with E-state index in [4.69, 9.17) is 21.1 Å². The normalized spacial score (nSPS) is 15.7. The molecule has 1 aromatic rings. The Kier molecular flexibility index (Phi) is 4.23. The van der Waals surface area contributed by atoms with Crippen molar-refractivity contribution in [3.8, 4) is 5.75 Å². The lowest BCUT2D eigenvalue weighted by molar-refractivity contribution is -0.137. The van der Waals surface area contributed by atoms with Crippen LogP contribution < -0.4 is 4.74 Å². The SMILES string of the molecule is O=C(COc1cccc(Cl)c1)N1CCOCC1. The fraction of sp³-hybridized carbons (Fsp3) is 0.417. The highest BCUT2D eigenvalue weighted by Crippen LogP contribution is 2.17. The molecule has 0 unspecified atom stereocenters. The molecule has 1 aliphatic rings. The van der Waals surface area contributed by atoms with Gasteiger partial charge < -0.3 is 14.4 Å². The molecule has 2 rings (SSSR count). The lowest BCUT2D eigenvalue weighted by Crippen LogP contribution is -2.42. The van der Waals surface area contributed by atoms with Gasteiger partial charge in [-0.2, -0.15) is 0 Å². The van der Waals surface area contributed by atoms with E-state index in [1.807, 2.05) is 0 Å². The van der Waals surface area contributed by atoms with E-state index >= 15 is 0 Å². The van der Waals surface area contributed by atoms with E-state index in [9.17, 15) is 4.79 Å². The number of nitrogens with zero attached hydrogens (tertiary/aromatic N) is 1. The van der Waals surface area contributed by atoms with Crippen molar-refractivity contribution in [2.24, 2.45) is 0 Å². The van der Waals surface area contributed by atoms with Crippen molar-refractivity contribution in [1.29, 1.82) is 0 Å². The van der Waals surface area contributed by atoms with Crippen molar-refractivity contribution < 1.29 is 14.3 Å². The summed E-state index contributed by atoms with van der Waals surface area (Å²) >= 11 is 5.82. The molecule has 1 fully saturated rings. The number of ether oxygens (including phenoxy) is 2. The number of benzene rings is 1. The first-order chi connectivity index (χ1) is 8.25. The number of hydrogen-bond acceptors (Lipinski definition) is 3. The molecule has 5 heteroatoms. The number of morpholine rings is 1. The third-order valence-corrected chi connectivity index (χ3v) is 2.76. The van der Waals surface area contributed by atoms with Gasteiger partial charge >= 0.3 is 0 Å². The van der Waals surface area contributed by atoms with Gasteiger partial charge in [-0.25, -0.2) is 0 Å². The molecule has 0 atom stereocenters. The van der Waals surface area contributed by atoms with Crippen LogP contribution in [0.2, 0.25) is 5.02 Å². The van der Waals surface area contributed by atoms with Gasteiger partial charge in [-0.05, 0) is 18.2 Å². The maximum atomic E-state index is 11.8. The van der Waals surface area contributed by atoms with Gasteiger partial charge in [0, 0.05) is 18.1 Å². The molecule has 92 valence electrons. The van der Waals surface area contributed by atoms with Gasteiger partial charge in [0.15, 0.2) is 6.61 Å². The van der Waals surface area contributed by atoms with Gasteiger partial charge in [0.2, 0.25) is 0 Å². The number of hydrogen-bond donors (Lipinski definition) is 0. The van der Waals surface area contributed by atoms with Gasteiger partial charge in [-0.15, -0.1) is 0 Å². The Hall–Kier alpha value is -1.26. The van der Waals surface area contributed by atoms with Gasteiger partial charge in [-0.3, -0.25) is 4.79 Å². The van der Waals surface area contributed by atoms with E-state index in [-0.39, 0.29) is 12.5 Å². The van der Waals surface area contributed by atoms with Crippen LogP contribution in [0.4, 0.5) is 0 Å². The van der Waals surface area contributed by atoms with Gasteiger partial charge in [-0.1, -0.05) is 17.7 Å². The summed E-state index contributed by atoms with van der Waals surface area (Å²) in [4.78, 5) is 13.5. The summed E-state index contributed by atoms with van der Waals surface area (Å²) in [5.41, 5.74) is 0. The van der Waals surface area contributed by atoms with Gasteiger partial charge in [0.25, 0.3) is 5.91 Å². The summed E-state index contributed by atoms with van der Waals surface area (Å²) < 4.78 is 10.6. The molecule has 4 nitrogen and oxygen atoms in total. The number of halogens is 1. The van der Waals surface area contributed by atoms with Crippen LogP contribution in [-0.2, 0) is 9.53 Å². The number of carbonyl (C=O) groups excluding carboxylic acids is 1. The zero-order chi connectivity index (χ0) is 12.1. The summed E-state index contributed by atoms with van der Waals surface area (Å²) in [6.45, 7) is 2.52. The number of carbonyl (C=O) groups is 1. The second-order valence-electron chi connectivity index (χ2n) is 3.74. The Bertz CT molecular complexity index is 391. The molecule has 0 saturated carbocycles. The summed E-state index contributed by atoms with van der Waals surface area (Å²) in [5, 5.41) is 0.598. The van der Waals surface area contributed by atoms with Crippen molar-refractivity contribution in [3.05, 3.63) is 29.3 Å². The predicted octanol–water partition coefficient (Wildman–Crippen LogP) is 1.58. The van der Waals surface area contributed by atoms with Crippen molar-refractivity contribution in [2.45, 2.75) is 0 Å². The first kappa shape index (κ1) is 12.2. The van der Waals surface area contributed by atoms with E-state index in [0.29, 0.717) is 37.1 Å². The molecule has 17 heavy (non-hydrogen) atoms. The average molecular weight is 256 g/mol. The van der Waals surface area contributed by atoms with Crippen LogP contribution in [0.3, 0.4) is 0 Å². The highest BCUT2D eigenvalue weighted by atomic mass is 35.5. The summed E-state index contributed by atoms with van der Waals surface area (Å²) in [6.07, 6.45) is 0. The summed E-state index contributed by atoms with van der Waals surface area (Å²) in [5.74, 6) is 0.590. The van der Waals surface area contributed by atoms with Crippen LogP contribution in [-0.4, -0.2) is 43.7 Å². The molecule has 1 aromatic carbocycles. The average Bonchev–Trinajstić information content (AvgIpc) is 2.37. The molecule has 0 spiro atoms. The number of rotatable bonds is 3. The first-order valence-corrected chi connectivity index (χ1v) is 5.87. The largest absolute Gasteiger partial charge is 0.484 e. The molecule has 1 heterocycles. The van der Waals surface area contributed by atoms with Crippen LogP contribution in [0.25, 0.3) is 0 Å². The Morgan fingerprint density at radius 2 is 2.18 bits per heavy atom. The standard InChI is InChI=1S/C12H14ClNO3/c13-10-2-1-3-11(8-10)17-9-12(15)14-4-6-16-7-5-14/h1-3,8H,4-7,9H2. The van der Waals surface area contributed by atoms with E-state index < -0.39 is 0 Å². The van der Waals surface area contributed by atoms with E-state index in [0.717, 1.165) is 0 Å². The van der Waals surface area contributed by atoms with E-state index in [1.54, 1.807) is 29.2 Å². The Morgan fingerprint density at radius 1 is 1.41 bits per heavy atom. The van der Waals surface area contributed by atoms with Crippen LogP contribution in [0, 0.1) is 0 Å². The highest BCUT2D eigenvalue weighted by Gasteiger charge is 2.16. The van der Waals surface area contributed by atoms with Crippen LogP contribution >= 0.6 is 11.6 Å². The van der Waals surface area contributed by atoms with Crippen LogP contribution in [0.5, 0.6) is 5.75 Å². The fourth-order valence-electron chi connectivity index (χ4n) is 1.61. The van der Waals surface area contributed by atoms with Crippen molar-refractivity contribution >= 4 is 17.5 Å². The smallest absolute Gasteiger partial charge is 0.260 e. The van der Waals surface area contributed by atoms with Crippen molar-refractivity contribution in [2.75, 3.05) is 32.9 Å². The minimum atomic E-state index is -0.0201. The third kappa shape index (κ3) is 3.61. The molecule has 0 aromatic heterocycles. The molecule has 1 saturated heterocycles. The van der Waals surface area contributed by atoms with E-state index in [2.05, 4.69) is 0 Å². The van der Waals surface area contributed by atoms with Gasteiger partial charge in [0.1, 0.15) is 5.75 Å². The predicted molar refractivity (Wildman–Crippen MR) is 64.3 cm³/mol. The lowest BCUT2D eigenvalue weighted by Gasteiger charge is -2.26. The monoisotopic (exact) mass is 255 g/mol. The zero-order valence-corrected chi connectivity index (χ0v) is 10.2. The minimum absolute atomic E-state index is 0.0201. The second kappa shape index (κ2) is 5.89. The zero-order valence-electron chi connectivity index (χ0n) is 9.39. The van der Waals surface area contributed by atoms with Gasteiger partial charge in [0.05, 0.1) is 13.2 Å². The molecule has 1 amide bonds. The molecule has 0 radical (unpaired) electrons. The van der Waals surface area contributed by atoms with E-state index in [1.165, 1.54) is 0 Å². The molecule has 0 bridgehead atoms. The molecule has 0 N–H and O–H groups in total. The Labute approximate surface area is 105 Å². The Morgan fingerprint density at radius 3 is 2.88 bits per heavy atom. The maximum Gasteiger partial charge on any atom is 0.260 e. The quantitative estimate of drug-likeness (QED) is 0.823. The van der Waals surface area contributed by atoms with Crippen LogP contribution in [0.15, 0.2) is 24.3 Å². The molecular weight excluding hydrogens is 242 g/mol. The molecule has 1 aliphatic heterocycles. The van der Waals surface area contributed by atoms with Crippen molar-refractivity contribution in [3.63, 3.8) is 0 Å². The number of amides is 1. The minimum Gasteiger partial charge on any atom is -0.484 e. The third-order valence-electron chi connectivity index (χ3n) is 2.52. The summed E-state index contributed by atoms with van der Waals surface area (Å²) in [7, 11) is 0.